The summed E-state index contributed by atoms with van der Waals surface area (Å²) in [5.41, 5.74) is 2.62. The van der Waals surface area contributed by atoms with Gasteiger partial charge >= 0.3 is 0 Å². The maximum absolute atomic E-state index is 11.8. The number of nitrogens with zero attached hydrogens (tertiary/aromatic N) is 1. The van der Waals surface area contributed by atoms with Gasteiger partial charge in [0.1, 0.15) is 5.01 Å². The van der Waals surface area contributed by atoms with Crippen molar-refractivity contribution in [2.45, 2.75) is 4.90 Å². The van der Waals surface area contributed by atoms with E-state index in [9.17, 15) is 8.42 Å². The van der Waals surface area contributed by atoms with E-state index in [0.717, 1.165) is 26.7 Å². The van der Waals surface area contributed by atoms with E-state index in [1.54, 1.807) is 35.6 Å². The maximum Gasteiger partial charge on any atom is 0.175 e. The van der Waals surface area contributed by atoms with Gasteiger partial charge < -0.3 is 0 Å². The van der Waals surface area contributed by atoms with Crippen LogP contribution in [-0.4, -0.2) is 19.7 Å². The molecule has 1 heterocycles. The first-order valence-electron chi connectivity index (χ1n) is 6.98. The Kier molecular flexibility index (Phi) is 4.15. The minimum absolute atomic E-state index is 0.294. The Bertz CT molecular complexity index is 958. The monoisotopic (exact) mass is 341 g/mol. The molecule has 1 aromatic heterocycles. The van der Waals surface area contributed by atoms with Gasteiger partial charge in [0.15, 0.2) is 9.84 Å². The summed E-state index contributed by atoms with van der Waals surface area (Å²) in [5, 5.41) is 0.809. The second kappa shape index (κ2) is 6.10. The van der Waals surface area contributed by atoms with Gasteiger partial charge in [0.05, 0.1) is 15.5 Å². The summed E-state index contributed by atoms with van der Waals surface area (Å²) in [5.74, 6) is 0. The number of hydrogen-bond acceptors (Lipinski definition) is 4. The van der Waals surface area contributed by atoms with Crippen molar-refractivity contribution in [1.29, 1.82) is 0 Å². The maximum atomic E-state index is 11.8. The number of thiazole rings is 1. The van der Waals surface area contributed by atoms with E-state index in [1.807, 2.05) is 36.4 Å². The van der Waals surface area contributed by atoms with E-state index < -0.39 is 9.84 Å². The second-order valence-corrected chi connectivity index (χ2v) is 8.15. The van der Waals surface area contributed by atoms with Gasteiger partial charge in [-0.2, -0.15) is 0 Å². The normalized spacial score (nSPS) is 11.3. The third-order valence-corrected chi connectivity index (χ3v) is 5.60. The zero-order valence-electron chi connectivity index (χ0n) is 12.6. The van der Waals surface area contributed by atoms with E-state index in [2.05, 4.69) is 11.6 Å². The molecule has 0 amide bonds. The van der Waals surface area contributed by atoms with Crippen molar-refractivity contribution in [3.8, 4) is 21.7 Å². The molecule has 0 saturated heterocycles. The van der Waals surface area contributed by atoms with Crippen LogP contribution in [0.25, 0.3) is 27.8 Å². The smallest absolute Gasteiger partial charge is 0.175 e. The fourth-order valence-corrected chi connectivity index (χ4v) is 3.89. The molecule has 0 aliphatic heterocycles. The molecule has 0 atom stereocenters. The molecule has 3 rings (SSSR count). The van der Waals surface area contributed by atoms with E-state index in [1.165, 1.54) is 6.26 Å². The van der Waals surface area contributed by atoms with Crippen LogP contribution in [0.3, 0.4) is 0 Å². The first-order valence-corrected chi connectivity index (χ1v) is 9.69. The van der Waals surface area contributed by atoms with Crippen LogP contribution >= 0.6 is 11.3 Å². The second-order valence-electron chi connectivity index (χ2n) is 5.10. The Balaban J connectivity index is 2.21. The van der Waals surface area contributed by atoms with Gasteiger partial charge in [-0.1, -0.05) is 49.0 Å². The molecule has 23 heavy (non-hydrogen) atoms. The highest BCUT2D eigenvalue weighted by atomic mass is 32.2. The minimum atomic E-state index is -3.25. The first-order chi connectivity index (χ1) is 11.0. The molecule has 116 valence electrons. The third-order valence-electron chi connectivity index (χ3n) is 3.39. The summed E-state index contributed by atoms with van der Waals surface area (Å²) < 4.78 is 23.6. The van der Waals surface area contributed by atoms with Crippen molar-refractivity contribution in [1.82, 2.24) is 4.98 Å². The Morgan fingerprint density at radius 1 is 1.04 bits per heavy atom. The van der Waals surface area contributed by atoms with Crippen molar-refractivity contribution in [3.05, 3.63) is 66.2 Å². The quantitative estimate of drug-likeness (QED) is 0.701. The summed E-state index contributed by atoms with van der Waals surface area (Å²) in [7, 11) is -3.25. The van der Waals surface area contributed by atoms with Crippen molar-refractivity contribution in [2.24, 2.45) is 0 Å². The van der Waals surface area contributed by atoms with Crippen molar-refractivity contribution < 1.29 is 8.42 Å². The molecule has 0 radical (unpaired) electrons. The van der Waals surface area contributed by atoms with Crippen LogP contribution in [0.15, 0.2) is 66.1 Å². The van der Waals surface area contributed by atoms with Gasteiger partial charge in [-0.3, -0.25) is 0 Å². The van der Waals surface area contributed by atoms with Gasteiger partial charge in [-0.15, -0.1) is 11.3 Å². The average molecular weight is 341 g/mol. The summed E-state index contributed by atoms with van der Waals surface area (Å²) >= 11 is 1.54. The van der Waals surface area contributed by atoms with E-state index in [0.29, 0.717) is 4.90 Å². The number of sulfone groups is 1. The lowest BCUT2D eigenvalue weighted by atomic mass is 10.1. The summed E-state index contributed by atoms with van der Waals surface area (Å²) in [4.78, 5) is 5.90. The minimum Gasteiger partial charge on any atom is -0.236 e. The highest BCUT2D eigenvalue weighted by Gasteiger charge is 2.15. The van der Waals surface area contributed by atoms with Crippen molar-refractivity contribution >= 4 is 27.3 Å². The Labute approximate surface area is 139 Å². The van der Waals surface area contributed by atoms with Crippen LogP contribution in [0, 0.1) is 0 Å². The van der Waals surface area contributed by atoms with Gasteiger partial charge in [0, 0.05) is 11.8 Å². The molecular formula is C18H15NO2S2. The molecule has 2 aromatic carbocycles. The van der Waals surface area contributed by atoms with Crippen LogP contribution < -0.4 is 0 Å². The van der Waals surface area contributed by atoms with Gasteiger partial charge in [-0.25, -0.2) is 13.4 Å². The lowest BCUT2D eigenvalue weighted by molar-refractivity contribution is 0.602. The molecule has 0 N–H and O–H groups in total. The third kappa shape index (κ3) is 3.25. The van der Waals surface area contributed by atoms with Crippen molar-refractivity contribution in [3.63, 3.8) is 0 Å². The van der Waals surface area contributed by atoms with Crippen LogP contribution in [0.1, 0.15) is 5.01 Å². The molecule has 0 aliphatic carbocycles. The number of rotatable bonds is 4. The lowest BCUT2D eigenvalue weighted by Crippen LogP contribution is -1.97. The SMILES string of the molecule is C=Cc1nc(-c2cccc(S(C)(=O)=O)c2)c(-c2ccccc2)s1. The first kappa shape index (κ1) is 15.6. The molecule has 0 aliphatic rings. The van der Waals surface area contributed by atoms with Gasteiger partial charge in [0.2, 0.25) is 0 Å². The Morgan fingerprint density at radius 2 is 1.74 bits per heavy atom. The van der Waals surface area contributed by atoms with E-state index in [4.69, 9.17) is 0 Å². The largest absolute Gasteiger partial charge is 0.236 e. The molecule has 0 fully saturated rings. The van der Waals surface area contributed by atoms with E-state index >= 15 is 0 Å². The number of hydrogen-bond donors (Lipinski definition) is 0. The molecule has 3 nitrogen and oxygen atoms in total. The van der Waals surface area contributed by atoms with E-state index in [-0.39, 0.29) is 0 Å². The number of benzene rings is 2. The molecule has 5 heteroatoms. The topological polar surface area (TPSA) is 47.0 Å². The predicted octanol–water partition coefficient (Wildman–Crippen LogP) is 4.52. The molecule has 3 aromatic rings. The fourth-order valence-electron chi connectivity index (χ4n) is 2.28. The highest BCUT2D eigenvalue weighted by Crippen LogP contribution is 2.37. The zero-order chi connectivity index (χ0) is 16.4. The lowest BCUT2D eigenvalue weighted by Gasteiger charge is -2.05. The Morgan fingerprint density at radius 3 is 2.39 bits per heavy atom. The van der Waals surface area contributed by atoms with Crippen LogP contribution in [-0.2, 0) is 9.84 Å². The highest BCUT2D eigenvalue weighted by molar-refractivity contribution is 7.90. The summed E-state index contributed by atoms with van der Waals surface area (Å²) in [6.07, 6.45) is 2.92. The summed E-state index contributed by atoms with van der Waals surface area (Å²) in [6, 6.07) is 16.8. The standard InChI is InChI=1S/C18H15NO2S2/c1-3-16-19-17(18(22-16)13-8-5-4-6-9-13)14-10-7-11-15(12-14)23(2,20)21/h3-12H,1H2,2H3. The predicted molar refractivity (Wildman–Crippen MR) is 96.2 cm³/mol. The fraction of sp³-hybridized carbons (Fsp3) is 0.0556. The van der Waals surface area contributed by atoms with Crippen LogP contribution in [0.5, 0.6) is 0 Å². The molecule has 0 saturated carbocycles. The summed E-state index contributed by atoms with van der Waals surface area (Å²) in [6.45, 7) is 3.78. The van der Waals surface area contributed by atoms with Gasteiger partial charge in [-0.05, 0) is 23.8 Å². The molecule has 0 spiro atoms. The average Bonchev–Trinajstić information content (AvgIpc) is 2.99. The molecule has 0 bridgehead atoms. The Hall–Kier alpha value is -2.24. The molecule has 0 unspecified atom stereocenters. The van der Waals surface area contributed by atoms with Gasteiger partial charge in [0.25, 0.3) is 0 Å². The zero-order valence-corrected chi connectivity index (χ0v) is 14.2. The number of aromatic nitrogens is 1. The van der Waals surface area contributed by atoms with Crippen molar-refractivity contribution in [2.75, 3.05) is 6.26 Å². The molecular weight excluding hydrogens is 326 g/mol. The van der Waals surface area contributed by atoms with Crippen LogP contribution in [0.2, 0.25) is 0 Å². The van der Waals surface area contributed by atoms with Crippen LogP contribution in [0.4, 0.5) is 0 Å².